The van der Waals surface area contributed by atoms with Gasteiger partial charge in [-0.3, -0.25) is 14.5 Å². The molecule has 2 N–H and O–H groups in total. The smallest absolute Gasteiger partial charge is 0.251 e. The highest BCUT2D eigenvalue weighted by atomic mass is 16.5. The van der Waals surface area contributed by atoms with Gasteiger partial charge in [0.25, 0.3) is 5.91 Å². The molecule has 23 heavy (non-hydrogen) atoms. The van der Waals surface area contributed by atoms with E-state index in [1.54, 1.807) is 24.3 Å². The number of hydrogen-bond acceptors (Lipinski definition) is 4. The molecule has 124 valence electrons. The molecule has 1 aliphatic heterocycles. The minimum atomic E-state index is -0.0849. The standard InChI is InChI=1S/C17H23N3O3/c21-16(18-7-8-20-9-11-23-12-10-20)13-3-5-15(6-4-13)19-17(22)14-1-2-14/h3-6,14H,1-2,7-12H2,(H,18,21)(H,19,22). The highest BCUT2D eigenvalue weighted by Crippen LogP contribution is 2.30. The Labute approximate surface area is 136 Å². The molecule has 6 nitrogen and oxygen atoms in total. The fourth-order valence-electron chi connectivity index (χ4n) is 2.55. The van der Waals surface area contributed by atoms with Crippen molar-refractivity contribution in [3.05, 3.63) is 29.8 Å². The van der Waals surface area contributed by atoms with E-state index in [1.807, 2.05) is 0 Å². The van der Waals surface area contributed by atoms with Crippen LogP contribution in [0.2, 0.25) is 0 Å². The average molecular weight is 317 g/mol. The van der Waals surface area contributed by atoms with Gasteiger partial charge in [-0.1, -0.05) is 0 Å². The third-order valence-corrected chi connectivity index (χ3v) is 4.18. The summed E-state index contributed by atoms with van der Waals surface area (Å²) in [7, 11) is 0. The van der Waals surface area contributed by atoms with Crippen LogP contribution in [0, 0.1) is 5.92 Å². The van der Waals surface area contributed by atoms with Gasteiger partial charge in [0.15, 0.2) is 0 Å². The first-order valence-corrected chi connectivity index (χ1v) is 8.21. The van der Waals surface area contributed by atoms with Crippen molar-refractivity contribution >= 4 is 17.5 Å². The SMILES string of the molecule is O=C(NCCN1CCOCC1)c1ccc(NC(=O)C2CC2)cc1. The molecule has 0 spiro atoms. The molecule has 0 aromatic heterocycles. The number of anilines is 1. The first kappa shape index (κ1) is 16.0. The molecule has 2 aliphatic rings. The van der Waals surface area contributed by atoms with Crippen LogP contribution in [0.4, 0.5) is 5.69 Å². The summed E-state index contributed by atoms with van der Waals surface area (Å²) in [5.41, 5.74) is 1.35. The highest BCUT2D eigenvalue weighted by Gasteiger charge is 2.29. The van der Waals surface area contributed by atoms with Crippen molar-refractivity contribution in [3.63, 3.8) is 0 Å². The van der Waals surface area contributed by atoms with Crippen LogP contribution in [0.3, 0.4) is 0 Å². The quantitative estimate of drug-likeness (QED) is 0.824. The minimum Gasteiger partial charge on any atom is -0.379 e. The van der Waals surface area contributed by atoms with Gasteiger partial charge in [0.2, 0.25) is 5.91 Å². The normalized spacial score (nSPS) is 18.4. The first-order chi connectivity index (χ1) is 11.2. The number of hydrogen-bond donors (Lipinski definition) is 2. The predicted molar refractivity (Wildman–Crippen MR) is 87.4 cm³/mol. The Morgan fingerprint density at radius 1 is 1.13 bits per heavy atom. The summed E-state index contributed by atoms with van der Waals surface area (Å²) >= 11 is 0. The molecule has 2 amide bonds. The zero-order valence-electron chi connectivity index (χ0n) is 13.2. The lowest BCUT2D eigenvalue weighted by molar-refractivity contribution is -0.117. The molecule has 2 fully saturated rings. The lowest BCUT2D eigenvalue weighted by Gasteiger charge is -2.26. The van der Waals surface area contributed by atoms with Crippen LogP contribution in [0.5, 0.6) is 0 Å². The average Bonchev–Trinajstić information content (AvgIpc) is 3.41. The van der Waals surface area contributed by atoms with Gasteiger partial charge in [-0.2, -0.15) is 0 Å². The molecule has 6 heteroatoms. The van der Waals surface area contributed by atoms with Crippen molar-refractivity contribution in [3.8, 4) is 0 Å². The Balaban J connectivity index is 1.42. The van der Waals surface area contributed by atoms with Crippen LogP contribution in [0.1, 0.15) is 23.2 Å². The maximum atomic E-state index is 12.1. The first-order valence-electron chi connectivity index (χ1n) is 8.21. The zero-order valence-corrected chi connectivity index (χ0v) is 13.2. The number of ether oxygens (including phenoxy) is 1. The van der Waals surface area contributed by atoms with Crippen LogP contribution in [0.15, 0.2) is 24.3 Å². The molecule has 3 rings (SSSR count). The van der Waals surface area contributed by atoms with E-state index in [1.165, 1.54) is 0 Å². The second kappa shape index (κ2) is 7.57. The van der Waals surface area contributed by atoms with Gasteiger partial charge in [-0.15, -0.1) is 0 Å². The summed E-state index contributed by atoms with van der Waals surface area (Å²) < 4.78 is 5.29. The van der Waals surface area contributed by atoms with Crippen molar-refractivity contribution < 1.29 is 14.3 Å². The van der Waals surface area contributed by atoms with Crippen molar-refractivity contribution in [2.24, 2.45) is 5.92 Å². The lowest BCUT2D eigenvalue weighted by atomic mass is 10.2. The Morgan fingerprint density at radius 2 is 1.83 bits per heavy atom. The Morgan fingerprint density at radius 3 is 2.48 bits per heavy atom. The molecule has 1 aromatic rings. The Bertz CT molecular complexity index is 549. The molecule has 0 bridgehead atoms. The summed E-state index contributed by atoms with van der Waals surface area (Å²) in [5, 5.41) is 5.79. The van der Waals surface area contributed by atoms with Gasteiger partial charge >= 0.3 is 0 Å². The van der Waals surface area contributed by atoms with Gasteiger partial charge in [0.05, 0.1) is 13.2 Å². The van der Waals surface area contributed by atoms with Gasteiger partial charge in [-0.05, 0) is 37.1 Å². The van der Waals surface area contributed by atoms with E-state index >= 15 is 0 Å². The summed E-state index contributed by atoms with van der Waals surface area (Å²) in [5.74, 6) is 0.171. The largest absolute Gasteiger partial charge is 0.379 e. The molecular weight excluding hydrogens is 294 g/mol. The number of nitrogens with one attached hydrogen (secondary N) is 2. The van der Waals surface area contributed by atoms with Crippen molar-refractivity contribution in [2.75, 3.05) is 44.7 Å². The topological polar surface area (TPSA) is 70.7 Å². The number of morpholine rings is 1. The van der Waals surface area contributed by atoms with E-state index in [9.17, 15) is 9.59 Å². The number of amides is 2. The monoisotopic (exact) mass is 317 g/mol. The van der Waals surface area contributed by atoms with Crippen LogP contribution < -0.4 is 10.6 Å². The molecule has 1 heterocycles. The van der Waals surface area contributed by atoms with E-state index in [4.69, 9.17) is 4.74 Å². The molecule has 1 saturated carbocycles. The van der Waals surface area contributed by atoms with Crippen LogP contribution in [-0.2, 0) is 9.53 Å². The molecule has 0 radical (unpaired) electrons. The van der Waals surface area contributed by atoms with E-state index in [0.717, 1.165) is 51.4 Å². The molecule has 1 aromatic carbocycles. The molecule has 0 unspecified atom stereocenters. The second-order valence-corrected chi connectivity index (χ2v) is 6.05. The zero-order chi connectivity index (χ0) is 16.1. The van der Waals surface area contributed by atoms with Gasteiger partial charge < -0.3 is 15.4 Å². The van der Waals surface area contributed by atoms with Gasteiger partial charge in [0, 0.05) is 43.3 Å². The Kier molecular flexibility index (Phi) is 5.25. The van der Waals surface area contributed by atoms with E-state index in [2.05, 4.69) is 15.5 Å². The maximum absolute atomic E-state index is 12.1. The number of benzene rings is 1. The Hall–Kier alpha value is -1.92. The van der Waals surface area contributed by atoms with Crippen LogP contribution in [-0.4, -0.2) is 56.1 Å². The number of nitrogens with zero attached hydrogens (tertiary/aromatic N) is 1. The summed E-state index contributed by atoms with van der Waals surface area (Å²) in [6, 6.07) is 7.04. The molecule has 1 aliphatic carbocycles. The maximum Gasteiger partial charge on any atom is 0.251 e. The van der Waals surface area contributed by atoms with Crippen molar-refractivity contribution in [1.82, 2.24) is 10.2 Å². The fraction of sp³-hybridized carbons (Fsp3) is 0.529. The minimum absolute atomic E-state index is 0.0766. The molecule has 1 saturated heterocycles. The molecular formula is C17H23N3O3. The van der Waals surface area contributed by atoms with E-state index in [0.29, 0.717) is 12.1 Å². The molecule has 0 atom stereocenters. The summed E-state index contributed by atoms with van der Waals surface area (Å²) in [4.78, 5) is 26.1. The number of carbonyl (C=O) groups is 2. The number of rotatable bonds is 6. The highest BCUT2D eigenvalue weighted by molar-refractivity contribution is 5.96. The van der Waals surface area contributed by atoms with E-state index < -0.39 is 0 Å². The van der Waals surface area contributed by atoms with Gasteiger partial charge in [-0.25, -0.2) is 0 Å². The van der Waals surface area contributed by atoms with E-state index in [-0.39, 0.29) is 17.7 Å². The fourth-order valence-corrected chi connectivity index (χ4v) is 2.55. The van der Waals surface area contributed by atoms with Crippen LogP contribution >= 0.6 is 0 Å². The van der Waals surface area contributed by atoms with Gasteiger partial charge in [0.1, 0.15) is 0 Å². The second-order valence-electron chi connectivity index (χ2n) is 6.05. The predicted octanol–water partition coefficient (Wildman–Crippen LogP) is 1.10. The summed E-state index contributed by atoms with van der Waals surface area (Å²) in [6.07, 6.45) is 1.96. The summed E-state index contributed by atoms with van der Waals surface area (Å²) in [6.45, 7) is 4.84. The lowest BCUT2D eigenvalue weighted by Crippen LogP contribution is -2.41. The third-order valence-electron chi connectivity index (χ3n) is 4.18. The van der Waals surface area contributed by atoms with Crippen molar-refractivity contribution in [1.29, 1.82) is 0 Å². The van der Waals surface area contributed by atoms with Crippen molar-refractivity contribution in [2.45, 2.75) is 12.8 Å². The van der Waals surface area contributed by atoms with Crippen LogP contribution in [0.25, 0.3) is 0 Å². The third kappa shape index (κ3) is 4.77. The number of carbonyl (C=O) groups excluding carboxylic acids is 2.